The fraction of sp³-hybridized carbons (Fsp3) is 0.312. The van der Waals surface area contributed by atoms with Crippen molar-refractivity contribution in [2.45, 2.75) is 6.42 Å². The lowest BCUT2D eigenvalue weighted by Crippen LogP contribution is -2.35. The first-order valence-electron chi connectivity index (χ1n) is 7.04. The van der Waals surface area contributed by atoms with E-state index < -0.39 is 0 Å². The number of carbonyl (C=O) groups excluding carboxylic acids is 1. The molecule has 1 aliphatic rings. The summed E-state index contributed by atoms with van der Waals surface area (Å²) in [5, 5.41) is 9.32. The molecule has 0 saturated carbocycles. The van der Waals surface area contributed by atoms with Gasteiger partial charge in [0, 0.05) is 19.3 Å². The van der Waals surface area contributed by atoms with Gasteiger partial charge >= 0.3 is 0 Å². The summed E-state index contributed by atoms with van der Waals surface area (Å²) in [4.78, 5) is 13.3. The minimum absolute atomic E-state index is 0.0149. The smallest absolute Gasteiger partial charge is 0.237 e. The standard InChI is InChI=1S/C16H19ClN4O/c1-3-21(19-18-2)15-6-4-13(5-7-15)14-8-10-20(11-9-14)16(22)12-17/h3-8H,1,9-12H2,2H3. The van der Waals surface area contributed by atoms with Gasteiger partial charge in [-0.2, -0.15) is 5.11 Å². The molecule has 1 aliphatic heterocycles. The molecule has 1 amide bonds. The number of hydrogen-bond acceptors (Lipinski definition) is 3. The Morgan fingerprint density at radius 3 is 2.68 bits per heavy atom. The molecule has 1 aromatic rings. The molecule has 2 rings (SSSR count). The summed E-state index contributed by atoms with van der Waals surface area (Å²) >= 11 is 5.58. The van der Waals surface area contributed by atoms with Gasteiger partial charge in [0.1, 0.15) is 5.88 Å². The fourth-order valence-corrected chi connectivity index (χ4v) is 2.53. The normalized spacial score (nSPS) is 14.8. The van der Waals surface area contributed by atoms with Crippen LogP contribution in [-0.4, -0.2) is 36.8 Å². The summed E-state index contributed by atoms with van der Waals surface area (Å²) in [7, 11) is 1.62. The van der Waals surface area contributed by atoms with Crippen LogP contribution < -0.4 is 5.01 Å². The first kappa shape index (κ1) is 16.2. The maximum Gasteiger partial charge on any atom is 0.237 e. The first-order chi connectivity index (χ1) is 10.7. The average Bonchev–Trinajstić information content (AvgIpc) is 2.59. The molecule has 116 valence electrons. The van der Waals surface area contributed by atoms with Crippen LogP contribution in [0.3, 0.4) is 0 Å². The maximum atomic E-state index is 11.6. The number of hydrogen-bond donors (Lipinski definition) is 0. The van der Waals surface area contributed by atoms with E-state index >= 15 is 0 Å². The molecule has 22 heavy (non-hydrogen) atoms. The van der Waals surface area contributed by atoms with Gasteiger partial charge in [0.2, 0.25) is 5.91 Å². The van der Waals surface area contributed by atoms with Crippen molar-refractivity contribution in [3.05, 3.63) is 48.7 Å². The number of halogens is 1. The Kier molecular flexibility index (Phi) is 5.72. The van der Waals surface area contributed by atoms with Crippen molar-refractivity contribution in [2.24, 2.45) is 10.3 Å². The average molecular weight is 319 g/mol. The van der Waals surface area contributed by atoms with E-state index in [0.717, 1.165) is 17.7 Å². The van der Waals surface area contributed by atoms with Crippen molar-refractivity contribution >= 4 is 28.8 Å². The van der Waals surface area contributed by atoms with Crippen LogP contribution in [0.25, 0.3) is 5.57 Å². The number of amides is 1. The SMILES string of the molecule is C=CN(N=NC)c1ccc(C2=CCN(C(=O)CCl)CC2)cc1. The number of nitrogens with zero attached hydrogens (tertiary/aromatic N) is 4. The van der Waals surface area contributed by atoms with Gasteiger partial charge in [-0.1, -0.05) is 30.0 Å². The zero-order valence-electron chi connectivity index (χ0n) is 12.6. The van der Waals surface area contributed by atoms with Crippen LogP contribution in [0.2, 0.25) is 0 Å². The number of benzene rings is 1. The van der Waals surface area contributed by atoms with E-state index in [1.807, 2.05) is 24.3 Å². The summed E-state index contributed by atoms with van der Waals surface area (Å²) in [5.74, 6) is 0.0280. The van der Waals surface area contributed by atoms with Gasteiger partial charge in [-0.15, -0.1) is 11.6 Å². The largest absolute Gasteiger partial charge is 0.338 e. The van der Waals surface area contributed by atoms with E-state index in [9.17, 15) is 4.79 Å². The Morgan fingerprint density at radius 1 is 1.45 bits per heavy atom. The highest BCUT2D eigenvalue weighted by Crippen LogP contribution is 2.25. The summed E-state index contributed by atoms with van der Waals surface area (Å²) in [6.45, 7) is 5.04. The lowest BCUT2D eigenvalue weighted by atomic mass is 9.99. The predicted octanol–water partition coefficient (Wildman–Crippen LogP) is 3.49. The molecule has 0 atom stereocenters. The molecule has 0 spiro atoms. The lowest BCUT2D eigenvalue weighted by Gasteiger charge is -2.26. The quantitative estimate of drug-likeness (QED) is 0.474. The van der Waals surface area contributed by atoms with Crippen LogP contribution in [0.5, 0.6) is 0 Å². The van der Waals surface area contributed by atoms with E-state index in [1.165, 1.54) is 5.57 Å². The Labute approximate surface area is 135 Å². The number of anilines is 1. The molecule has 0 aliphatic carbocycles. The van der Waals surface area contributed by atoms with Crippen LogP contribution in [-0.2, 0) is 4.79 Å². The van der Waals surface area contributed by atoms with Gasteiger partial charge in [0.25, 0.3) is 0 Å². The molecule has 5 nitrogen and oxygen atoms in total. The van der Waals surface area contributed by atoms with Crippen LogP contribution in [0.15, 0.2) is 53.5 Å². The molecule has 0 aromatic heterocycles. The minimum Gasteiger partial charge on any atom is -0.338 e. The van der Waals surface area contributed by atoms with Crippen molar-refractivity contribution in [2.75, 3.05) is 31.0 Å². The lowest BCUT2D eigenvalue weighted by molar-refractivity contribution is -0.128. The van der Waals surface area contributed by atoms with E-state index in [1.54, 1.807) is 23.2 Å². The van der Waals surface area contributed by atoms with Crippen molar-refractivity contribution in [3.63, 3.8) is 0 Å². The van der Waals surface area contributed by atoms with Crippen molar-refractivity contribution < 1.29 is 4.79 Å². The third kappa shape index (κ3) is 3.74. The minimum atomic E-state index is -0.0149. The van der Waals surface area contributed by atoms with Crippen LogP contribution in [0, 0.1) is 0 Å². The molecule has 0 radical (unpaired) electrons. The topological polar surface area (TPSA) is 48.3 Å². The second kappa shape index (κ2) is 7.75. The number of carbonyl (C=O) groups is 1. The Hall–Kier alpha value is -2.14. The molecule has 1 aromatic carbocycles. The molecule has 6 heteroatoms. The van der Waals surface area contributed by atoms with E-state index in [-0.39, 0.29) is 11.8 Å². The Bertz CT molecular complexity index is 595. The molecule has 0 fully saturated rings. The summed E-state index contributed by atoms with van der Waals surface area (Å²) in [6.07, 6.45) is 4.53. The molecule has 0 saturated heterocycles. The molecular formula is C16H19ClN4O. The molecule has 0 bridgehead atoms. The first-order valence-corrected chi connectivity index (χ1v) is 7.57. The molecule has 0 unspecified atom stereocenters. The van der Waals surface area contributed by atoms with Gasteiger partial charge in [0.15, 0.2) is 0 Å². The summed E-state index contributed by atoms with van der Waals surface area (Å²) in [6, 6.07) is 8.04. The van der Waals surface area contributed by atoms with E-state index in [2.05, 4.69) is 23.0 Å². The van der Waals surface area contributed by atoms with Gasteiger partial charge < -0.3 is 4.90 Å². The van der Waals surface area contributed by atoms with Crippen molar-refractivity contribution in [1.82, 2.24) is 4.90 Å². The maximum absolute atomic E-state index is 11.6. The van der Waals surface area contributed by atoms with Crippen LogP contribution in [0.1, 0.15) is 12.0 Å². The van der Waals surface area contributed by atoms with E-state index in [4.69, 9.17) is 11.6 Å². The highest BCUT2D eigenvalue weighted by Gasteiger charge is 2.17. The van der Waals surface area contributed by atoms with Crippen LogP contribution >= 0.6 is 11.6 Å². The van der Waals surface area contributed by atoms with Gasteiger partial charge in [-0.05, 0) is 29.7 Å². The highest BCUT2D eigenvalue weighted by molar-refractivity contribution is 6.27. The molecular weight excluding hydrogens is 300 g/mol. The second-order valence-corrected chi connectivity index (χ2v) is 5.08. The van der Waals surface area contributed by atoms with Crippen molar-refractivity contribution in [3.8, 4) is 0 Å². The predicted molar refractivity (Wildman–Crippen MR) is 89.8 cm³/mol. The third-order valence-corrected chi connectivity index (χ3v) is 3.77. The fourth-order valence-electron chi connectivity index (χ4n) is 2.36. The summed E-state index contributed by atoms with van der Waals surface area (Å²) < 4.78 is 0. The van der Waals surface area contributed by atoms with Gasteiger partial charge in [-0.25, -0.2) is 5.01 Å². The Balaban J connectivity index is 2.10. The zero-order chi connectivity index (χ0) is 15.9. The monoisotopic (exact) mass is 318 g/mol. The van der Waals surface area contributed by atoms with E-state index in [0.29, 0.717) is 13.1 Å². The van der Waals surface area contributed by atoms with Gasteiger partial charge in [-0.3, -0.25) is 4.79 Å². The number of rotatable bonds is 5. The third-order valence-electron chi connectivity index (χ3n) is 3.54. The van der Waals surface area contributed by atoms with Crippen LogP contribution in [0.4, 0.5) is 5.69 Å². The number of alkyl halides is 1. The Morgan fingerprint density at radius 2 is 2.18 bits per heavy atom. The van der Waals surface area contributed by atoms with Crippen molar-refractivity contribution in [1.29, 1.82) is 0 Å². The zero-order valence-corrected chi connectivity index (χ0v) is 13.3. The highest BCUT2D eigenvalue weighted by atomic mass is 35.5. The summed E-state index contributed by atoms with van der Waals surface area (Å²) in [5.41, 5.74) is 3.30. The second-order valence-electron chi connectivity index (χ2n) is 4.82. The molecule has 1 heterocycles. The molecule has 0 N–H and O–H groups in total. The van der Waals surface area contributed by atoms with Gasteiger partial charge in [0.05, 0.1) is 12.7 Å².